The molecule has 0 radical (unpaired) electrons. The fourth-order valence-electron chi connectivity index (χ4n) is 2.95. The molecule has 0 saturated heterocycles. The van der Waals surface area contributed by atoms with E-state index in [9.17, 15) is 19.2 Å². The lowest BCUT2D eigenvalue weighted by Gasteiger charge is -2.24. The van der Waals surface area contributed by atoms with Crippen LogP contribution in [-0.2, 0) is 25.6 Å². The van der Waals surface area contributed by atoms with Crippen LogP contribution in [0.2, 0.25) is 0 Å². The summed E-state index contributed by atoms with van der Waals surface area (Å²) in [5, 5.41) is 0. The molecule has 33 heavy (non-hydrogen) atoms. The van der Waals surface area contributed by atoms with Crippen LogP contribution in [0.3, 0.4) is 0 Å². The standard InChI is InChI=1S/C20H29N7O6/c1-13(2)10-27-17(21)16(18(30)24-20(27)31)26(8-9-32-4)14(28)12-33-15(29)11-25(3)19-22-6-5-7-23-19/h5-7,13H,8-12,21H2,1-4H3,(H,24,30,31). The highest BCUT2D eigenvalue weighted by Gasteiger charge is 2.25. The lowest BCUT2D eigenvalue weighted by Crippen LogP contribution is -2.44. The second kappa shape index (κ2) is 11.8. The topological polar surface area (TPSA) is 166 Å². The summed E-state index contributed by atoms with van der Waals surface area (Å²) in [6, 6.07) is 1.64. The van der Waals surface area contributed by atoms with E-state index >= 15 is 0 Å². The molecule has 13 heteroatoms. The second-order valence-corrected chi connectivity index (χ2v) is 7.60. The summed E-state index contributed by atoms with van der Waals surface area (Å²) < 4.78 is 11.3. The van der Waals surface area contributed by atoms with Crippen molar-refractivity contribution in [2.75, 3.05) is 56.0 Å². The quantitative estimate of drug-likeness (QED) is 0.404. The van der Waals surface area contributed by atoms with E-state index in [2.05, 4.69) is 15.0 Å². The summed E-state index contributed by atoms with van der Waals surface area (Å²) in [7, 11) is 3.03. The number of amides is 1. The summed E-state index contributed by atoms with van der Waals surface area (Å²) in [6.07, 6.45) is 3.06. The lowest BCUT2D eigenvalue weighted by molar-refractivity contribution is -0.146. The fraction of sp³-hybridized carbons (Fsp3) is 0.500. The largest absolute Gasteiger partial charge is 0.454 e. The summed E-state index contributed by atoms with van der Waals surface area (Å²) in [4.78, 5) is 62.6. The Kier molecular flexibility index (Phi) is 9.09. The first kappa shape index (κ1) is 25.5. The number of carbonyl (C=O) groups is 2. The van der Waals surface area contributed by atoms with E-state index in [1.807, 2.05) is 13.8 Å². The predicted octanol–water partition coefficient (Wildman–Crippen LogP) is -0.776. The molecule has 0 aliphatic carbocycles. The van der Waals surface area contributed by atoms with Crippen LogP contribution in [0.4, 0.5) is 17.5 Å². The van der Waals surface area contributed by atoms with Crippen LogP contribution in [-0.4, -0.2) is 71.9 Å². The zero-order valence-electron chi connectivity index (χ0n) is 19.1. The van der Waals surface area contributed by atoms with Crippen LogP contribution in [0, 0.1) is 5.92 Å². The van der Waals surface area contributed by atoms with Crippen LogP contribution in [0.5, 0.6) is 0 Å². The summed E-state index contributed by atoms with van der Waals surface area (Å²) in [6.45, 7) is 3.19. The van der Waals surface area contributed by atoms with Gasteiger partial charge < -0.3 is 20.1 Å². The number of hydrogen-bond donors (Lipinski definition) is 2. The minimum atomic E-state index is -0.825. The van der Waals surface area contributed by atoms with Gasteiger partial charge in [0.05, 0.1) is 6.61 Å². The molecule has 0 aliphatic heterocycles. The Morgan fingerprint density at radius 3 is 2.52 bits per heavy atom. The van der Waals surface area contributed by atoms with Gasteiger partial charge in [0.1, 0.15) is 12.4 Å². The molecule has 1 amide bonds. The second-order valence-electron chi connectivity index (χ2n) is 7.60. The number of nitrogens with one attached hydrogen (secondary N) is 1. The third-order valence-corrected chi connectivity index (χ3v) is 4.47. The van der Waals surface area contributed by atoms with Gasteiger partial charge in [-0.25, -0.2) is 14.8 Å². The van der Waals surface area contributed by atoms with E-state index in [1.54, 1.807) is 13.1 Å². The Balaban J connectivity index is 2.19. The maximum absolute atomic E-state index is 12.9. The van der Waals surface area contributed by atoms with Crippen LogP contribution in [0.15, 0.2) is 28.0 Å². The van der Waals surface area contributed by atoms with Crippen LogP contribution < -0.4 is 26.8 Å². The first-order valence-corrected chi connectivity index (χ1v) is 10.2. The van der Waals surface area contributed by atoms with Gasteiger partial charge >= 0.3 is 11.7 Å². The maximum Gasteiger partial charge on any atom is 0.330 e. The van der Waals surface area contributed by atoms with Crippen molar-refractivity contribution in [2.45, 2.75) is 20.4 Å². The average molecular weight is 463 g/mol. The Morgan fingerprint density at radius 2 is 1.91 bits per heavy atom. The number of anilines is 3. The van der Waals surface area contributed by atoms with E-state index in [4.69, 9.17) is 15.2 Å². The van der Waals surface area contributed by atoms with Crippen molar-refractivity contribution in [3.63, 3.8) is 0 Å². The molecule has 0 fully saturated rings. The summed E-state index contributed by atoms with van der Waals surface area (Å²) >= 11 is 0. The molecule has 2 aromatic heterocycles. The van der Waals surface area contributed by atoms with Gasteiger partial charge in [-0.3, -0.25) is 28.8 Å². The molecule has 0 atom stereocenters. The summed E-state index contributed by atoms with van der Waals surface area (Å²) in [5.74, 6) is -1.19. The third-order valence-electron chi connectivity index (χ3n) is 4.47. The zero-order valence-corrected chi connectivity index (χ0v) is 19.1. The Hall–Kier alpha value is -3.74. The number of aromatic amines is 1. The summed E-state index contributed by atoms with van der Waals surface area (Å²) in [5.41, 5.74) is 4.41. The molecule has 0 saturated carbocycles. The zero-order chi connectivity index (χ0) is 24.5. The number of hydrogen-bond acceptors (Lipinski definition) is 10. The van der Waals surface area contributed by atoms with E-state index in [1.165, 1.54) is 29.0 Å². The monoisotopic (exact) mass is 463 g/mol. The predicted molar refractivity (Wildman–Crippen MR) is 121 cm³/mol. The van der Waals surface area contributed by atoms with Gasteiger partial charge in [-0.05, 0) is 12.0 Å². The fourth-order valence-corrected chi connectivity index (χ4v) is 2.95. The van der Waals surface area contributed by atoms with E-state index < -0.39 is 29.7 Å². The average Bonchev–Trinajstić information content (AvgIpc) is 2.77. The van der Waals surface area contributed by atoms with Crippen molar-refractivity contribution >= 4 is 29.3 Å². The van der Waals surface area contributed by atoms with Crippen LogP contribution in [0.1, 0.15) is 13.8 Å². The van der Waals surface area contributed by atoms with Gasteiger partial charge in [-0.2, -0.15) is 0 Å². The van der Waals surface area contributed by atoms with E-state index in [0.29, 0.717) is 5.95 Å². The highest BCUT2D eigenvalue weighted by molar-refractivity contribution is 5.97. The molecule has 0 aliphatic rings. The molecule has 0 aromatic carbocycles. The highest BCUT2D eigenvalue weighted by atomic mass is 16.5. The SMILES string of the molecule is COCCN(C(=O)COC(=O)CN(C)c1ncccn1)c1c(N)n(CC(C)C)c(=O)[nH]c1=O. The number of aromatic nitrogens is 4. The van der Waals surface area contributed by atoms with Gasteiger partial charge in [0.15, 0.2) is 12.3 Å². The van der Waals surface area contributed by atoms with Crippen molar-refractivity contribution in [3.8, 4) is 0 Å². The number of ether oxygens (including phenoxy) is 2. The number of rotatable bonds is 11. The van der Waals surface area contributed by atoms with Crippen molar-refractivity contribution in [2.24, 2.45) is 5.92 Å². The number of nitrogen functional groups attached to an aromatic ring is 1. The van der Waals surface area contributed by atoms with Gasteiger partial charge in [-0.1, -0.05) is 13.8 Å². The van der Waals surface area contributed by atoms with Crippen molar-refractivity contribution in [3.05, 3.63) is 39.3 Å². The third kappa shape index (κ3) is 6.87. The molecule has 13 nitrogen and oxygen atoms in total. The Morgan fingerprint density at radius 1 is 1.24 bits per heavy atom. The van der Waals surface area contributed by atoms with Crippen LogP contribution >= 0.6 is 0 Å². The number of nitrogens with two attached hydrogens (primary N) is 1. The molecule has 2 heterocycles. The van der Waals surface area contributed by atoms with Crippen LogP contribution in [0.25, 0.3) is 0 Å². The van der Waals surface area contributed by atoms with E-state index in [0.717, 1.165) is 4.90 Å². The van der Waals surface area contributed by atoms with Crippen molar-refractivity contribution in [1.29, 1.82) is 0 Å². The number of esters is 1. The van der Waals surface area contributed by atoms with Gasteiger partial charge in [0, 0.05) is 39.6 Å². The number of methoxy groups -OCH3 is 1. The number of likely N-dealkylation sites (N-methyl/N-ethyl adjacent to an activating group) is 1. The number of nitrogens with zero attached hydrogens (tertiary/aromatic N) is 5. The minimum Gasteiger partial charge on any atom is -0.454 e. The number of H-pyrrole nitrogens is 1. The molecule has 0 spiro atoms. The molecular weight excluding hydrogens is 434 g/mol. The van der Waals surface area contributed by atoms with Gasteiger partial charge in [-0.15, -0.1) is 0 Å². The molecular formula is C20H29N7O6. The van der Waals surface area contributed by atoms with Crippen molar-refractivity contribution in [1.82, 2.24) is 19.5 Å². The van der Waals surface area contributed by atoms with E-state index in [-0.39, 0.29) is 43.7 Å². The molecule has 0 bridgehead atoms. The molecule has 0 unspecified atom stereocenters. The normalized spacial score (nSPS) is 10.8. The Bertz CT molecular complexity index is 1070. The molecule has 2 rings (SSSR count). The maximum atomic E-state index is 12.9. The first-order valence-electron chi connectivity index (χ1n) is 10.2. The molecule has 2 aromatic rings. The van der Waals surface area contributed by atoms with Crippen molar-refractivity contribution < 1.29 is 19.1 Å². The van der Waals surface area contributed by atoms with Gasteiger partial charge in [0.2, 0.25) is 5.95 Å². The molecule has 3 N–H and O–H groups in total. The minimum absolute atomic E-state index is 0.0438. The smallest absolute Gasteiger partial charge is 0.330 e. The Labute approximate surface area is 190 Å². The van der Waals surface area contributed by atoms with Gasteiger partial charge in [0.25, 0.3) is 11.5 Å². The molecule has 180 valence electrons. The first-order chi connectivity index (χ1) is 15.6. The number of carbonyl (C=O) groups excluding carboxylic acids is 2. The highest BCUT2D eigenvalue weighted by Crippen LogP contribution is 2.18. The lowest BCUT2D eigenvalue weighted by atomic mass is 10.2.